The fraction of sp³-hybridized carbons (Fsp3) is 0.647. The number of rotatable bonds is 7. The average molecular weight is 293 g/mol. The van der Waals surface area contributed by atoms with Crippen LogP contribution in [0.15, 0.2) is 24.3 Å². The molecule has 0 aliphatic heterocycles. The Kier molecular flexibility index (Phi) is 5.39. The van der Waals surface area contributed by atoms with Gasteiger partial charge in [0.25, 0.3) is 0 Å². The third-order valence-electron chi connectivity index (χ3n) is 4.18. The van der Waals surface area contributed by atoms with Crippen molar-refractivity contribution >= 4 is 11.8 Å². The van der Waals surface area contributed by atoms with Gasteiger partial charge in [-0.3, -0.25) is 0 Å². The van der Waals surface area contributed by atoms with Gasteiger partial charge in [0.15, 0.2) is 0 Å². The standard InChI is InChI=1S/C17H27NOS/c1-13(2)19-16-8-6-15(7-9-16)14(3)18-12-17(20-4)10-5-11-17/h6-9,13-14,18H,5,10-12H2,1-4H3. The zero-order valence-electron chi connectivity index (χ0n) is 13.1. The Morgan fingerprint density at radius 2 is 1.85 bits per heavy atom. The Labute approximate surface area is 127 Å². The van der Waals surface area contributed by atoms with Crippen molar-refractivity contribution in [2.45, 2.75) is 56.9 Å². The van der Waals surface area contributed by atoms with Crippen LogP contribution in [0.3, 0.4) is 0 Å². The van der Waals surface area contributed by atoms with Gasteiger partial charge in [-0.25, -0.2) is 0 Å². The van der Waals surface area contributed by atoms with Crippen molar-refractivity contribution in [2.24, 2.45) is 0 Å². The van der Waals surface area contributed by atoms with E-state index in [1.807, 2.05) is 11.8 Å². The number of hydrogen-bond acceptors (Lipinski definition) is 3. The molecule has 0 heterocycles. The molecule has 1 atom stereocenters. The molecule has 0 aromatic heterocycles. The predicted molar refractivity (Wildman–Crippen MR) is 88.7 cm³/mol. The first kappa shape index (κ1) is 15.7. The SMILES string of the molecule is CSC1(CNC(C)c2ccc(OC(C)C)cc2)CCC1. The van der Waals surface area contributed by atoms with E-state index in [1.54, 1.807) is 0 Å². The first-order valence-electron chi connectivity index (χ1n) is 7.60. The molecule has 1 aromatic rings. The largest absolute Gasteiger partial charge is 0.491 e. The molecular weight excluding hydrogens is 266 g/mol. The van der Waals surface area contributed by atoms with Gasteiger partial charge >= 0.3 is 0 Å². The highest BCUT2D eigenvalue weighted by molar-refractivity contribution is 8.00. The van der Waals surface area contributed by atoms with Gasteiger partial charge in [-0.2, -0.15) is 11.8 Å². The number of benzene rings is 1. The molecule has 1 unspecified atom stereocenters. The van der Waals surface area contributed by atoms with Crippen molar-refractivity contribution in [3.63, 3.8) is 0 Å². The number of ether oxygens (including phenoxy) is 1. The smallest absolute Gasteiger partial charge is 0.119 e. The molecule has 112 valence electrons. The quantitative estimate of drug-likeness (QED) is 0.804. The highest BCUT2D eigenvalue weighted by Gasteiger charge is 2.35. The molecule has 1 aliphatic rings. The summed E-state index contributed by atoms with van der Waals surface area (Å²) < 4.78 is 6.18. The van der Waals surface area contributed by atoms with E-state index < -0.39 is 0 Å². The second kappa shape index (κ2) is 6.86. The molecule has 1 saturated carbocycles. The minimum atomic E-state index is 0.233. The van der Waals surface area contributed by atoms with Crippen molar-refractivity contribution in [3.8, 4) is 5.75 Å². The summed E-state index contributed by atoms with van der Waals surface area (Å²) in [5.41, 5.74) is 1.33. The lowest BCUT2D eigenvalue weighted by Crippen LogP contribution is -2.43. The van der Waals surface area contributed by atoms with Crippen LogP contribution in [0.1, 0.15) is 51.6 Å². The van der Waals surface area contributed by atoms with Crippen molar-refractivity contribution in [2.75, 3.05) is 12.8 Å². The van der Waals surface area contributed by atoms with E-state index in [0.29, 0.717) is 10.8 Å². The summed E-state index contributed by atoms with van der Waals surface area (Å²) in [5, 5.41) is 3.69. The second-order valence-electron chi connectivity index (χ2n) is 6.08. The Bertz CT molecular complexity index is 406. The van der Waals surface area contributed by atoms with E-state index in [-0.39, 0.29) is 6.10 Å². The predicted octanol–water partition coefficient (Wildman–Crippen LogP) is 4.41. The van der Waals surface area contributed by atoms with Gasteiger partial charge < -0.3 is 10.1 Å². The normalized spacial score (nSPS) is 18.6. The summed E-state index contributed by atoms with van der Waals surface area (Å²) >= 11 is 2.02. The van der Waals surface area contributed by atoms with E-state index in [2.05, 4.69) is 56.6 Å². The molecule has 0 saturated heterocycles. The van der Waals surface area contributed by atoms with Gasteiger partial charge in [0.1, 0.15) is 5.75 Å². The Hall–Kier alpha value is -0.670. The molecule has 3 heteroatoms. The number of thioether (sulfide) groups is 1. The van der Waals surface area contributed by atoms with Gasteiger partial charge in [0, 0.05) is 17.3 Å². The minimum absolute atomic E-state index is 0.233. The summed E-state index contributed by atoms with van der Waals surface area (Å²) in [6.45, 7) is 7.46. The van der Waals surface area contributed by atoms with Crippen molar-refractivity contribution in [1.29, 1.82) is 0 Å². The lowest BCUT2D eigenvalue weighted by molar-refractivity contribution is 0.242. The summed E-state index contributed by atoms with van der Waals surface area (Å²) in [5.74, 6) is 0.954. The van der Waals surface area contributed by atoms with Crippen LogP contribution >= 0.6 is 11.8 Å². The zero-order chi connectivity index (χ0) is 14.6. The first-order chi connectivity index (χ1) is 9.54. The van der Waals surface area contributed by atoms with Gasteiger partial charge in [-0.05, 0) is 57.6 Å². The van der Waals surface area contributed by atoms with Crippen LogP contribution in [0, 0.1) is 0 Å². The van der Waals surface area contributed by atoms with E-state index in [1.165, 1.54) is 24.8 Å². The highest BCUT2D eigenvalue weighted by Crippen LogP contribution is 2.42. The van der Waals surface area contributed by atoms with Gasteiger partial charge in [-0.1, -0.05) is 18.6 Å². The topological polar surface area (TPSA) is 21.3 Å². The number of nitrogens with one attached hydrogen (secondary N) is 1. The molecule has 0 radical (unpaired) electrons. The summed E-state index contributed by atoms with van der Waals surface area (Å²) in [4.78, 5) is 0. The molecule has 0 bridgehead atoms. The van der Waals surface area contributed by atoms with Gasteiger partial charge in [0.05, 0.1) is 6.10 Å². The molecule has 1 aromatic carbocycles. The summed E-state index contributed by atoms with van der Waals surface area (Å²) in [6.07, 6.45) is 6.57. The minimum Gasteiger partial charge on any atom is -0.491 e. The maximum absolute atomic E-state index is 5.68. The highest BCUT2D eigenvalue weighted by atomic mass is 32.2. The Balaban J connectivity index is 1.87. The molecule has 1 fully saturated rings. The van der Waals surface area contributed by atoms with E-state index in [0.717, 1.165) is 12.3 Å². The summed E-state index contributed by atoms with van der Waals surface area (Å²) in [6, 6.07) is 8.87. The molecule has 0 spiro atoms. The first-order valence-corrected chi connectivity index (χ1v) is 8.82. The molecule has 0 amide bonds. The molecule has 2 rings (SSSR count). The van der Waals surface area contributed by atoms with Gasteiger partial charge in [-0.15, -0.1) is 0 Å². The Morgan fingerprint density at radius 3 is 2.30 bits per heavy atom. The van der Waals surface area contributed by atoms with Crippen LogP contribution < -0.4 is 10.1 Å². The van der Waals surface area contributed by atoms with Crippen LogP contribution in [0.5, 0.6) is 5.75 Å². The van der Waals surface area contributed by atoms with E-state index >= 15 is 0 Å². The maximum Gasteiger partial charge on any atom is 0.119 e. The van der Waals surface area contributed by atoms with Crippen molar-refractivity contribution in [1.82, 2.24) is 5.32 Å². The van der Waals surface area contributed by atoms with E-state index in [4.69, 9.17) is 4.74 Å². The van der Waals surface area contributed by atoms with E-state index in [9.17, 15) is 0 Å². The third kappa shape index (κ3) is 3.92. The van der Waals surface area contributed by atoms with Crippen LogP contribution in [-0.2, 0) is 0 Å². The second-order valence-corrected chi connectivity index (χ2v) is 7.35. The van der Waals surface area contributed by atoms with Gasteiger partial charge in [0.2, 0.25) is 0 Å². The van der Waals surface area contributed by atoms with Crippen LogP contribution in [0.4, 0.5) is 0 Å². The lowest BCUT2D eigenvalue weighted by atomic mass is 9.84. The van der Waals surface area contributed by atoms with Crippen molar-refractivity contribution in [3.05, 3.63) is 29.8 Å². The fourth-order valence-corrected chi connectivity index (χ4v) is 3.51. The monoisotopic (exact) mass is 293 g/mol. The third-order valence-corrected chi connectivity index (χ3v) is 5.60. The molecular formula is C17H27NOS. The molecule has 1 aliphatic carbocycles. The lowest BCUT2D eigenvalue weighted by Gasteiger charge is -2.41. The molecule has 2 nitrogen and oxygen atoms in total. The van der Waals surface area contributed by atoms with Crippen LogP contribution in [0.2, 0.25) is 0 Å². The average Bonchev–Trinajstić information content (AvgIpc) is 2.38. The van der Waals surface area contributed by atoms with Crippen LogP contribution in [0.25, 0.3) is 0 Å². The fourth-order valence-electron chi connectivity index (χ4n) is 2.59. The molecule has 20 heavy (non-hydrogen) atoms. The Morgan fingerprint density at radius 1 is 1.20 bits per heavy atom. The summed E-state index contributed by atoms with van der Waals surface area (Å²) in [7, 11) is 0. The van der Waals surface area contributed by atoms with Crippen molar-refractivity contribution < 1.29 is 4.74 Å². The number of hydrogen-bond donors (Lipinski definition) is 1. The van der Waals surface area contributed by atoms with Crippen LogP contribution in [-0.4, -0.2) is 23.7 Å². The zero-order valence-corrected chi connectivity index (χ0v) is 13.9. The maximum atomic E-state index is 5.68. The molecule has 1 N–H and O–H groups in total.